The first-order valence-corrected chi connectivity index (χ1v) is 11.0. The lowest BCUT2D eigenvalue weighted by Gasteiger charge is -2.23. The molecule has 0 heterocycles. The number of carbonyl (C=O) groups excluding carboxylic acids is 1. The van der Waals surface area contributed by atoms with E-state index in [1.807, 2.05) is 6.07 Å². The largest absolute Gasteiger partial charge is 0.417 e. The Labute approximate surface area is 179 Å². The van der Waals surface area contributed by atoms with Crippen molar-refractivity contribution in [3.05, 3.63) is 56.1 Å². The normalized spacial score (nSPS) is 12.0. The van der Waals surface area contributed by atoms with Crippen molar-refractivity contribution in [3.8, 4) is 0 Å². The molecule has 2 aromatic carbocycles. The summed E-state index contributed by atoms with van der Waals surface area (Å²) in [5, 5.41) is 2.00. The van der Waals surface area contributed by atoms with Crippen LogP contribution >= 0.6 is 34.2 Å². The predicted octanol–water partition coefficient (Wildman–Crippen LogP) is 4.68. The molecule has 1 N–H and O–H groups in total. The number of rotatable bonds is 5. The van der Waals surface area contributed by atoms with Crippen molar-refractivity contribution in [2.45, 2.75) is 13.1 Å². The van der Waals surface area contributed by atoms with Gasteiger partial charge in [0.15, 0.2) is 0 Å². The van der Waals surface area contributed by atoms with Gasteiger partial charge in [-0.1, -0.05) is 11.6 Å². The van der Waals surface area contributed by atoms with Crippen molar-refractivity contribution in [1.82, 2.24) is 0 Å². The first-order valence-electron chi connectivity index (χ1n) is 7.69. The van der Waals surface area contributed by atoms with E-state index in [9.17, 15) is 26.4 Å². The van der Waals surface area contributed by atoms with Crippen LogP contribution in [-0.4, -0.2) is 27.1 Å². The van der Waals surface area contributed by atoms with Crippen LogP contribution in [0.15, 0.2) is 36.4 Å². The van der Waals surface area contributed by atoms with Gasteiger partial charge in [-0.05, 0) is 71.5 Å². The summed E-state index contributed by atoms with van der Waals surface area (Å²) in [6.07, 6.45) is -3.96. The molecule has 2 rings (SSSR count). The number of hydrogen-bond donors (Lipinski definition) is 1. The average molecular weight is 547 g/mol. The SMILES string of the molecule is Cc1cc(I)ccc1NC(=O)CN(c1ccc(Cl)c(C(F)(F)F)c1)S(C)(=O)=O. The topological polar surface area (TPSA) is 66.5 Å². The number of aryl methyl sites for hydroxylation is 1. The maximum Gasteiger partial charge on any atom is 0.417 e. The van der Waals surface area contributed by atoms with Crippen LogP contribution in [0, 0.1) is 10.5 Å². The number of carbonyl (C=O) groups is 1. The molecule has 0 fully saturated rings. The van der Waals surface area contributed by atoms with Gasteiger partial charge in [0.05, 0.1) is 22.5 Å². The zero-order chi connectivity index (χ0) is 21.3. The fourth-order valence-electron chi connectivity index (χ4n) is 2.37. The van der Waals surface area contributed by atoms with Crippen molar-refractivity contribution < 1.29 is 26.4 Å². The molecular weight excluding hydrogens is 532 g/mol. The molecule has 0 saturated carbocycles. The molecule has 152 valence electrons. The molecule has 0 unspecified atom stereocenters. The smallest absolute Gasteiger partial charge is 0.324 e. The van der Waals surface area contributed by atoms with Crippen LogP contribution in [0.5, 0.6) is 0 Å². The number of alkyl halides is 3. The van der Waals surface area contributed by atoms with Gasteiger partial charge in [0.25, 0.3) is 0 Å². The van der Waals surface area contributed by atoms with Gasteiger partial charge in [-0.2, -0.15) is 13.2 Å². The summed E-state index contributed by atoms with van der Waals surface area (Å²) in [6.45, 7) is 1.07. The van der Waals surface area contributed by atoms with Gasteiger partial charge in [0.1, 0.15) is 6.54 Å². The molecule has 0 aliphatic heterocycles. The van der Waals surface area contributed by atoms with Gasteiger partial charge in [-0.15, -0.1) is 0 Å². The molecule has 5 nitrogen and oxygen atoms in total. The maximum atomic E-state index is 13.1. The van der Waals surface area contributed by atoms with E-state index in [0.29, 0.717) is 16.1 Å². The molecular formula is C17H15ClF3IN2O3S. The number of amides is 1. The van der Waals surface area contributed by atoms with Gasteiger partial charge >= 0.3 is 6.18 Å². The van der Waals surface area contributed by atoms with E-state index >= 15 is 0 Å². The second-order valence-corrected chi connectivity index (χ2v) is 9.50. The Hall–Kier alpha value is -1.53. The first-order chi connectivity index (χ1) is 12.8. The number of halogens is 5. The Morgan fingerprint density at radius 1 is 1.21 bits per heavy atom. The van der Waals surface area contributed by atoms with Crippen LogP contribution in [0.2, 0.25) is 5.02 Å². The molecule has 0 aliphatic rings. The Morgan fingerprint density at radius 3 is 2.39 bits per heavy atom. The van der Waals surface area contributed by atoms with Gasteiger partial charge in [-0.3, -0.25) is 9.10 Å². The van der Waals surface area contributed by atoms with E-state index in [4.69, 9.17) is 11.6 Å². The standard InChI is InChI=1S/C17H15ClF3IN2O3S/c1-10-7-11(22)3-6-15(10)23-16(25)9-24(28(2,26)27)12-4-5-14(18)13(8-12)17(19,20)21/h3-8H,9H2,1-2H3,(H,23,25). The van der Waals surface area contributed by atoms with Crippen LogP contribution in [-0.2, 0) is 21.0 Å². The summed E-state index contributed by atoms with van der Waals surface area (Å²) < 4.78 is 65.0. The molecule has 11 heteroatoms. The molecule has 0 spiro atoms. The van der Waals surface area contributed by atoms with Crippen LogP contribution < -0.4 is 9.62 Å². The van der Waals surface area contributed by atoms with E-state index in [1.165, 1.54) is 0 Å². The average Bonchev–Trinajstić information content (AvgIpc) is 2.54. The Balaban J connectivity index is 2.34. The Morgan fingerprint density at radius 2 is 1.86 bits per heavy atom. The second-order valence-electron chi connectivity index (χ2n) is 5.94. The molecule has 1 amide bonds. The third kappa shape index (κ3) is 5.74. The molecule has 0 bridgehead atoms. The van der Waals surface area contributed by atoms with Crippen molar-refractivity contribution in [1.29, 1.82) is 0 Å². The summed E-state index contributed by atoms with van der Waals surface area (Å²) in [4.78, 5) is 12.4. The lowest BCUT2D eigenvalue weighted by molar-refractivity contribution is -0.137. The highest BCUT2D eigenvalue weighted by atomic mass is 127. The highest BCUT2D eigenvalue weighted by molar-refractivity contribution is 14.1. The van der Waals surface area contributed by atoms with Crippen LogP contribution in [0.1, 0.15) is 11.1 Å². The molecule has 28 heavy (non-hydrogen) atoms. The highest BCUT2D eigenvalue weighted by Crippen LogP contribution is 2.37. The van der Waals surface area contributed by atoms with Gasteiger partial charge in [0, 0.05) is 9.26 Å². The summed E-state index contributed by atoms with van der Waals surface area (Å²) in [7, 11) is -4.04. The minimum Gasteiger partial charge on any atom is -0.324 e. The van der Waals surface area contributed by atoms with Crippen molar-refractivity contribution in [2.75, 3.05) is 22.4 Å². The third-order valence-electron chi connectivity index (χ3n) is 3.69. The Bertz CT molecular complexity index is 1010. The zero-order valence-corrected chi connectivity index (χ0v) is 18.4. The summed E-state index contributed by atoms with van der Waals surface area (Å²) >= 11 is 7.68. The minimum atomic E-state index is -4.77. The number of benzene rings is 2. The lowest BCUT2D eigenvalue weighted by atomic mass is 10.2. The number of nitrogens with one attached hydrogen (secondary N) is 1. The minimum absolute atomic E-state index is 0.311. The molecule has 0 aliphatic carbocycles. The van der Waals surface area contributed by atoms with E-state index < -0.39 is 39.2 Å². The summed E-state index contributed by atoms with van der Waals surface area (Å²) in [5.74, 6) is -0.696. The van der Waals surface area contributed by atoms with Gasteiger partial charge in [-0.25, -0.2) is 8.42 Å². The fraction of sp³-hybridized carbons (Fsp3) is 0.235. The molecule has 0 atom stereocenters. The predicted molar refractivity (Wildman–Crippen MR) is 111 cm³/mol. The van der Waals surface area contributed by atoms with Crippen molar-refractivity contribution in [2.24, 2.45) is 0 Å². The van der Waals surface area contributed by atoms with Gasteiger partial charge in [0.2, 0.25) is 15.9 Å². The maximum absolute atomic E-state index is 13.1. The molecule has 0 radical (unpaired) electrons. The highest BCUT2D eigenvalue weighted by Gasteiger charge is 2.34. The lowest BCUT2D eigenvalue weighted by Crippen LogP contribution is -2.37. The number of nitrogens with zero attached hydrogens (tertiary/aromatic N) is 1. The number of hydrogen-bond acceptors (Lipinski definition) is 3. The monoisotopic (exact) mass is 546 g/mol. The summed E-state index contributed by atoms with van der Waals surface area (Å²) in [6, 6.07) is 7.89. The molecule has 2 aromatic rings. The van der Waals surface area contributed by atoms with Crippen LogP contribution in [0.25, 0.3) is 0 Å². The number of sulfonamides is 1. The van der Waals surface area contributed by atoms with Crippen LogP contribution in [0.4, 0.5) is 24.5 Å². The fourth-order valence-corrected chi connectivity index (χ4v) is 4.09. The molecule has 0 aromatic heterocycles. The second kappa shape index (κ2) is 8.46. The third-order valence-corrected chi connectivity index (χ3v) is 5.83. The van der Waals surface area contributed by atoms with E-state index in [2.05, 4.69) is 27.9 Å². The van der Waals surface area contributed by atoms with Gasteiger partial charge < -0.3 is 5.32 Å². The quantitative estimate of drug-likeness (QED) is 0.554. The molecule has 0 saturated heterocycles. The van der Waals surface area contributed by atoms with E-state index in [-0.39, 0.29) is 5.69 Å². The van der Waals surface area contributed by atoms with Crippen molar-refractivity contribution in [3.63, 3.8) is 0 Å². The summed E-state index contributed by atoms with van der Waals surface area (Å²) in [5.41, 5.74) is -0.258. The Kier molecular flexibility index (Phi) is 6.87. The first kappa shape index (κ1) is 22.8. The van der Waals surface area contributed by atoms with Crippen molar-refractivity contribution >= 4 is 61.5 Å². The zero-order valence-electron chi connectivity index (χ0n) is 14.6. The van der Waals surface area contributed by atoms with E-state index in [1.54, 1.807) is 19.1 Å². The number of anilines is 2. The van der Waals surface area contributed by atoms with E-state index in [0.717, 1.165) is 27.5 Å². The van der Waals surface area contributed by atoms with Crippen LogP contribution in [0.3, 0.4) is 0 Å².